The van der Waals surface area contributed by atoms with Crippen LogP contribution in [0.1, 0.15) is 5.56 Å². The minimum Gasteiger partial charge on any atom is -0.484 e. The number of halogens is 3. The van der Waals surface area contributed by atoms with Gasteiger partial charge in [-0.15, -0.1) is 0 Å². The molecule has 0 aliphatic carbocycles. The van der Waals surface area contributed by atoms with E-state index in [0.29, 0.717) is 13.1 Å². The van der Waals surface area contributed by atoms with E-state index in [0.717, 1.165) is 16.7 Å². The summed E-state index contributed by atoms with van der Waals surface area (Å²) in [4.78, 5) is 0. The van der Waals surface area contributed by atoms with Crippen molar-refractivity contribution in [2.24, 2.45) is 5.73 Å². The van der Waals surface area contributed by atoms with Crippen molar-refractivity contribution in [3.8, 4) is 16.9 Å². The highest BCUT2D eigenvalue weighted by Crippen LogP contribution is 2.28. The lowest BCUT2D eigenvalue weighted by molar-refractivity contribution is -0.153. The van der Waals surface area contributed by atoms with E-state index in [2.05, 4.69) is 5.10 Å². The van der Waals surface area contributed by atoms with Crippen LogP contribution in [0.15, 0.2) is 30.6 Å². The number of hydrogen-bond acceptors (Lipinski definition) is 3. The zero-order valence-electron chi connectivity index (χ0n) is 11.5. The monoisotopic (exact) mass is 299 g/mol. The molecular weight excluding hydrogens is 283 g/mol. The maximum Gasteiger partial charge on any atom is 0.422 e. The third-order valence-electron chi connectivity index (χ3n) is 2.91. The highest BCUT2D eigenvalue weighted by molar-refractivity contribution is 5.67. The molecule has 0 saturated carbocycles. The number of nitrogens with zero attached hydrogens (tertiary/aromatic N) is 2. The van der Waals surface area contributed by atoms with E-state index in [4.69, 9.17) is 10.5 Å². The molecule has 2 N–H and O–H groups in total. The first-order valence-electron chi connectivity index (χ1n) is 6.42. The molecule has 0 aliphatic heterocycles. The first kappa shape index (κ1) is 15.4. The molecule has 21 heavy (non-hydrogen) atoms. The largest absolute Gasteiger partial charge is 0.484 e. The van der Waals surface area contributed by atoms with Crippen molar-refractivity contribution >= 4 is 0 Å². The molecule has 1 aromatic carbocycles. The SMILES string of the molecule is Cc1ccc(OCC(F)(F)F)cc1-c1cnn(CCN)c1. The van der Waals surface area contributed by atoms with Gasteiger partial charge in [-0.05, 0) is 30.2 Å². The highest BCUT2D eigenvalue weighted by atomic mass is 19.4. The number of alkyl halides is 3. The van der Waals surface area contributed by atoms with Crippen LogP contribution >= 0.6 is 0 Å². The Kier molecular flexibility index (Phi) is 4.52. The Bertz CT molecular complexity index is 608. The third-order valence-corrected chi connectivity index (χ3v) is 2.91. The molecule has 7 heteroatoms. The highest BCUT2D eigenvalue weighted by Gasteiger charge is 2.28. The Labute approximate surface area is 120 Å². The lowest BCUT2D eigenvalue weighted by atomic mass is 10.0. The van der Waals surface area contributed by atoms with Crippen LogP contribution < -0.4 is 10.5 Å². The fourth-order valence-corrected chi connectivity index (χ4v) is 1.92. The number of nitrogens with two attached hydrogens (primary N) is 1. The Morgan fingerprint density at radius 2 is 2.10 bits per heavy atom. The van der Waals surface area contributed by atoms with Crippen LogP contribution in [0.5, 0.6) is 5.75 Å². The van der Waals surface area contributed by atoms with Gasteiger partial charge in [0.15, 0.2) is 6.61 Å². The van der Waals surface area contributed by atoms with Crippen LogP contribution in [0.3, 0.4) is 0 Å². The molecule has 0 fully saturated rings. The van der Waals surface area contributed by atoms with E-state index in [1.54, 1.807) is 23.0 Å². The zero-order chi connectivity index (χ0) is 15.5. The number of aryl methyl sites for hydroxylation is 1. The van der Waals surface area contributed by atoms with E-state index in [1.165, 1.54) is 6.07 Å². The van der Waals surface area contributed by atoms with Gasteiger partial charge in [0.25, 0.3) is 0 Å². The second-order valence-corrected chi connectivity index (χ2v) is 4.66. The van der Waals surface area contributed by atoms with E-state index < -0.39 is 12.8 Å². The van der Waals surface area contributed by atoms with E-state index in [-0.39, 0.29) is 5.75 Å². The summed E-state index contributed by atoms with van der Waals surface area (Å²) in [5, 5.41) is 4.15. The molecule has 1 aromatic heterocycles. The van der Waals surface area contributed by atoms with Gasteiger partial charge in [-0.25, -0.2) is 0 Å². The fourth-order valence-electron chi connectivity index (χ4n) is 1.92. The van der Waals surface area contributed by atoms with Crippen molar-refractivity contribution < 1.29 is 17.9 Å². The molecule has 2 aromatic rings. The summed E-state index contributed by atoms with van der Waals surface area (Å²) in [5.74, 6) is 0.180. The van der Waals surface area contributed by atoms with E-state index >= 15 is 0 Å². The summed E-state index contributed by atoms with van der Waals surface area (Å²) in [7, 11) is 0. The van der Waals surface area contributed by atoms with Gasteiger partial charge >= 0.3 is 6.18 Å². The molecule has 4 nitrogen and oxygen atoms in total. The number of ether oxygens (including phenoxy) is 1. The van der Waals surface area contributed by atoms with E-state index in [1.807, 2.05) is 13.1 Å². The van der Waals surface area contributed by atoms with Crippen LogP contribution in [0.2, 0.25) is 0 Å². The predicted octanol–water partition coefficient (Wildman–Crippen LogP) is 2.76. The summed E-state index contributed by atoms with van der Waals surface area (Å²) in [6, 6.07) is 4.83. The molecule has 0 atom stereocenters. The van der Waals surface area contributed by atoms with Crippen molar-refractivity contribution in [2.75, 3.05) is 13.2 Å². The van der Waals surface area contributed by atoms with Crippen LogP contribution in [-0.4, -0.2) is 29.1 Å². The molecule has 0 bridgehead atoms. The minimum atomic E-state index is -4.35. The van der Waals surface area contributed by atoms with Gasteiger partial charge in [-0.2, -0.15) is 18.3 Å². The second-order valence-electron chi connectivity index (χ2n) is 4.66. The molecule has 2 rings (SSSR count). The fraction of sp³-hybridized carbons (Fsp3) is 0.357. The van der Waals surface area contributed by atoms with Crippen molar-refractivity contribution in [3.63, 3.8) is 0 Å². The normalized spacial score (nSPS) is 11.7. The number of benzene rings is 1. The topological polar surface area (TPSA) is 53.1 Å². The summed E-state index contributed by atoms with van der Waals surface area (Å²) < 4.78 is 43.0. The minimum absolute atomic E-state index is 0.180. The summed E-state index contributed by atoms with van der Waals surface area (Å²) in [6.45, 7) is 1.63. The van der Waals surface area contributed by atoms with Crippen LogP contribution in [-0.2, 0) is 6.54 Å². The Balaban J connectivity index is 2.21. The van der Waals surface area contributed by atoms with Crippen molar-refractivity contribution in [1.29, 1.82) is 0 Å². The Morgan fingerprint density at radius 1 is 1.33 bits per heavy atom. The zero-order valence-corrected chi connectivity index (χ0v) is 11.5. The van der Waals surface area contributed by atoms with Crippen LogP contribution in [0, 0.1) is 6.92 Å². The average molecular weight is 299 g/mol. The summed E-state index contributed by atoms with van der Waals surface area (Å²) in [6.07, 6.45) is -0.884. The molecule has 0 aliphatic rings. The molecule has 0 saturated heterocycles. The number of rotatable bonds is 5. The van der Waals surface area contributed by atoms with Gasteiger partial charge in [0.2, 0.25) is 0 Å². The third kappa shape index (κ3) is 4.22. The summed E-state index contributed by atoms with van der Waals surface area (Å²) >= 11 is 0. The van der Waals surface area contributed by atoms with Crippen LogP contribution in [0.25, 0.3) is 11.1 Å². The molecule has 0 spiro atoms. The summed E-state index contributed by atoms with van der Waals surface area (Å²) in [5.41, 5.74) is 8.00. The van der Waals surface area contributed by atoms with Crippen molar-refractivity contribution in [2.45, 2.75) is 19.6 Å². The molecule has 114 valence electrons. The van der Waals surface area contributed by atoms with Crippen LogP contribution in [0.4, 0.5) is 13.2 Å². The standard InChI is InChI=1S/C14H16F3N3O/c1-10-2-3-12(21-9-14(15,16)17)6-13(10)11-7-19-20(8-11)5-4-18/h2-3,6-8H,4-5,9,18H2,1H3. The van der Waals surface area contributed by atoms with Crippen molar-refractivity contribution in [3.05, 3.63) is 36.2 Å². The average Bonchev–Trinajstić information content (AvgIpc) is 2.86. The van der Waals surface area contributed by atoms with Gasteiger partial charge in [-0.1, -0.05) is 6.07 Å². The smallest absolute Gasteiger partial charge is 0.422 e. The first-order chi connectivity index (χ1) is 9.89. The van der Waals surface area contributed by atoms with Gasteiger partial charge in [0, 0.05) is 18.3 Å². The van der Waals surface area contributed by atoms with Crippen molar-refractivity contribution in [1.82, 2.24) is 9.78 Å². The van der Waals surface area contributed by atoms with Gasteiger partial charge < -0.3 is 10.5 Å². The predicted molar refractivity (Wildman–Crippen MR) is 73.0 cm³/mol. The van der Waals surface area contributed by atoms with E-state index in [9.17, 15) is 13.2 Å². The van der Waals surface area contributed by atoms with Gasteiger partial charge in [0.05, 0.1) is 12.7 Å². The maximum atomic E-state index is 12.2. The second kappa shape index (κ2) is 6.17. The maximum absolute atomic E-state index is 12.2. The number of aromatic nitrogens is 2. The Hall–Kier alpha value is -2.02. The molecule has 0 radical (unpaired) electrons. The van der Waals surface area contributed by atoms with Gasteiger partial charge in [0.1, 0.15) is 5.75 Å². The first-order valence-corrected chi connectivity index (χ1v) is 6.42. The molecule has 0 amide bonds. The lowest BCUT2D eigenvalue weighted by Crippen LogP contribution is -2.19. The van der Waals surface area contributed by atoms with Gasteiger partial charge in [-0.3, -0.25) is 4.68 Å². The molecular formula is C14H16F3N3O. The molecule has 1 heterocycles. The molecule has 0 unspecified atom stereocenters. The quantitative estimate of drug-likeness (QED) is 0.923. The number of hydrogen-bond donors (Lipinski definition) is 1. The Morgan fingerprint density at radius 3 is 2.76 bits per heavy atom. The lowest BCUT2D eigenvalue weighted by Gasteiger charge is -2.11.